The van der Waals surface area contributed by atoms with Crippen LogP contribution in [0.5, 0.6) is 0 Å². The highest BCUT2D eigenvalue weighted by atomic mass is 35.5. The second-order valence-electron chi connectivity index (χ2n) is 7.54. The van der Waals surface area contributed by atoms with Gasteiger partial charge in [0.05, 0.1) is 17.7 Å². The van der Waals surface area contributed by atoms with Crippen molar-refractivity contribution in [3.05, 3.63) is 50.1 Å². The lowest BCUT2D eigenvalue weighted by Crippen LogP contribution is -2.30. The molecule has 1 atom stereocenters. The van der Waals surface area contributed by atoms with Crippen LogP contribution in [0, 0.1) is 0 Å². The van der Waals surface area contributed by atoms with Crippen LogP contribution in [0.4, 0.5) is 0 Å². The van der Waals surface area contributed by atoms with Crippen LogP contribution in [0.1, 0.15) is 24.3 Å². The Labute approximate surface area is 198 Å². The maximum absolute atomic E-state index is 13.8. The summed E-state index contributed by atoms with van der Waals surface area (Å²) in [6, 6.07) is 6.82. The molecule has 0 spiro atoms. The van der Waals surface area contributed by atoms with E-state index in [9.17, 15) is 14.4 Å². The number of Topliss-reactive ketones (excluding diaryl/α,β-unsaturated/α-hetero) is 1. The smallest absolute Gasteiger partial charge is 0.327 e. The lowest BCUT2D eigenvalue weighted by atomic mass is 10.1. The third-order valence-corrected chi connectivity index (χ3v) is 7.82. The van der Waals surface area contributed by atoms with Crippen molar-refractivity contribution in [2.45, 2.75) is 37.2 Å². The van der Waals surface area contributed by atoms with Gasteiger partial charge in [-0.2, -0.15) is 0 Å². The molecule has 1 aliphatic heterocycles. The van der Waals surface area contributed by atoms with Crippen LogP contribution in [-0.4, -0.2) is 51.7 Å². The summed E-state index contributed by atoms with van der Waals surface area (Å²) in [6.45, 7) is 4.80. The Bertz CT molecular complexity index is 1250. The van der Waals surface area contributed by atoms with Crippen LogP contribution in [-0.2, 0) is 27.3 Å². The summed E-state index contributed by atoms with van der Waals surface area (Å²) in [6.07, 6.45) is 0.773. The Morgan fingerprint density at radius 2 is 2.03 bits per heavy atom. The molecule has 1 unspecified atom stereocenters. The van der Waals surface area contributed by atoms with Gasteiger partial charge >= 0.3 is 5.97 Å². The minimum atomic E-state index is -1.11. The summed E-state index contributed by atoms with van der Waals surface area (Å²) in [4.78, 5) is 47.1. The third kappa shape index (κ3) is 4.34. The first-order valence-electron chi connectivity index (χ1n) is 10.2. The van der Waals surface area contributed by atoms with Gasteiger partial charge in [-0.05, 0) is 57.1 Å². The van der Waals surface area contributed by atoms with E-state index in [4.69, 9.17) is 21.3 Å². The van der Waals surface area contributed by atoms with Gasteiger partial charge in [-0.25, -0.2) is 4.98 Å². The SMILES string of the molecule is CCOC(=O)C(Sc1nc2sc3c(c2c(=O)n1-c1ccc(Cl)cc1)CCN(C)C3)C(C)=O. The number of carbonyl (C=O) groups is 2. The predicted octanol–water partition coefficient (Wildman–Crippen LogP) is 3.70. The number of likely N-dealkylation sites (N-methyl/N-ethyl adjacent to an activating group) is 1. The number of thioether (sulfide) groups is 1. The summed E-state index contributed by atoms with van der Waals surface area (Å²) in [5.74, 6) is -1.01. The van der Waals surface area contributed by atoms with Gasteiger partial charge in [-0.1, -0.05) is 23.4 Å². The number of ketones is 1. The molecule has 0 saturated heterocycles. The standard InChI is InChI=1S/C22H22ClN3O4S2/c1-4-30-21(29)18(12(2)27)32-22-24-19-17(15-9-10-25(3)11-16(15)31-19)20(28)26(22)14-7-5-13(23)6-8-14/h5-8,18H,4,9-11H2,1-3H3. The highest BCUT2D eigenvalue weighted by Crippen LogP contribution is 2.35. The highest BCUT2D eigenvalue weighted by Gasteiger charge is 2.30. The largest absolute Gasteiger partial charge is 0.465 e. The number of aromatic nitrogens is 2. The Kier molecular flexibility index (Phi) is 6.71. The molecule has 0 saturated carbocycles. The Morgan fingerprint density at radius 1 is 1.31 bits per heavy atom. The van der Waals surface area contributed by atoms with E-state index in [1.54, 1.807) is 31.2 Å². The van der Waals surface area contributed by atoms with E-state index in [2.05, 4.69) is 4.90 Å². The van der Waals surface area contributed by atoms with Crippen LogP contribution in [0.25, 0.3) is 15.9 Å². The van der Waals surface area contributed by atoms with Crippen molar-refractivity contribution in [3.63, 3.8) is 0 Å². The molecule has 3 heterocycles. The number of thiophene rings is 1. The number of nitrogens with zero attached hydrogens (tertiary/aromatic N) is 3. The fourth-order valence-corrected chi connectivity index (χ4v) is 6.12. The average molecular weight is 492 g/mol. The number of hydrogen-bond donors (Lipinski definition) is 0. The van der Waals surface area contributed by atoms with Crippen molar-refractivity contribution in [3.8, 4) is 5.69 Å². The van der Waals surface area contributed by atoms with Crippen molar-refractivity contribution in [2.75, 3.05) is 20.2 Å². The minimum absolute atomic E-state index is 0.158. The van der Waals surface area contributed by atoms with E-state index >= 15 is 0 Å². The van der Waals surface area contributed by atoms with E-state index < -0.39 is 11.2 Å². The molecular weight excluding hydrogens is 470 g/mol. The number of fused-ring (bicyclic) bond motifs is 3. The van der Waals surface area contributed by atoms with Gasteiger partial charge in [0, 0.05) is 23.0 Å². The lowest BCUT2D eigenvalue weighted by Gasteiger charge is -2.22. The zero-order chi connectivity index (χ0) is 23.0. The topological polar surface area (TPSA) is 81.5 Å². The van der Waals surface area contributed by atoms with Crippen LogP contribution >= 0.6 is 34.7 Å². The second kappa shape index (κ2) is 9.35. The number of esters is 1. The predicted molar refractivity (Wildman–Crippen MR) is 127 cm³/mol. The molecule has 0 aliphatic carbocycles. The quantitative estimate of drug-likeness (QED) is 0.225. The summed E-state index contributed by atoms with van der Waals surface area (Å²) in [5.41, 5.74) is 1.39. The normalized spacial score (nSPS) is 14.9. The Balaban J connectivity index is 1.93. The molecule has 7 nitrogen and oxygen atoms in total. The van der Waals surface area contributed by atoms with Gasteiger partial charge < -0.3 is 9.64 Å². The maximum atomic E-state index is 13.8. The molecule has 0 bridgehead atoms. The van der Waals surface area contributed by atoms with Crippen LogP contribution < -0.4 is 5.56 Å². The summed E-state index contributed by atoms with van der Waals surface area (Å²) in [7, 11) is 2.05. The van der Waals surface area contributed by atoms with Gasteiger partial charge in [0.1, 0.15) is 4.83 Å². The Hall–Kier alpha value is -2.20. The van der Waals surface area contributed by atoms with Crippen molar-refractivity contribution in [1.29, 1.82) is 0 Å². The van der Waals surface area contributed by atoms with E-state index in [0.717, 1.165) is 41.7 Å². The lowest BCUT2D eigenvalue weighted by molar-refractivity contribution is -0.144. The van der Waals surface area contributed by atoms with Crippen LogP contribution in [0.3, 0.4) is 0 Å². The van der Waals surface area contributed by atoms with E-state index in [-0.39, 0.29) is 23.1 Å². The maximum Gasteiger partial charge on any atom is 0.327 e. The van der Waals surface area contributed by atoms with E-state index in [1.165, 1.54) is 22.8 Å². The van der Waals surface area contributed by atoms with Crippen LogP contribution in [0.15, 0.2) is 34.2 Å². The fraction of sp³-hybridized carbons (Fsp3) is 0.364. The van der Waals surface area contributed by atoms with Gasteiger partial charge in [0.25, 0.3) is 5.56 Å². The highest BCUT2D eigenvalue weighted by molar-refractivity contribution is 8.01. The molecule has 1 aliphatic rings. The van der Waals surface area contributed by atoms with Gasteiger partial charge in [0.15, 0.2) is 16.2 Å². The zero-order valence-corrected chi connectivity index (χ0v) is 20.3. The summed E-state index contributed by atoms with van der Waals surface area (Å²) in [5, 5.41) is 0.297. The summed E-state index contributed by atoms with van der Waals surface area (Å²) >= 11 is 8.48. The molecule has 1 aromatic carbocycles. The van der Waals surface area contributed by atoms with Crippen molar-refractivity contribution in [1.82, 2.24) is 14.5 Å². The van der Waals surface area contributed by atoms with Gasteiger partial charge in [-0.3, -0.25) is 19.0 Å². The minimum Gasteiger partial charge on any atom is -0.465 e. The number of rotatable bonds is 6. The average Bonchev–Trinajstić information content (AvgIpc) is 3.10. The van der Waals surface area contributed by atoms with E-state index in [1.807, 2.05) is 7.05 Å². The second-order valence-corrected chi connectivity index (χ2v) is 10.1. The first-order valence-corrected chi connectivity index (χ1v) is 12.2. The summed E-state index contributed by atoms with van der Waals surface area (Å²) < 4.78 is 6.54. The molecule has 168 valence electrons. The first-order chi connectivity index (χ1) is 15.3. The van der Waals surface area contributed by atoms with Gasteiger partial charge in [-0.15, -0.1) is 11.3 Å². The Morgan fingerprint density at radius 3 is 2.69 bits per heavy atom. The zero-order valence-electron chi connectivity index (χ0n) is 17.9. The number of ether oxygens (including phenoxy) is 1. The number of carbonyl (C=O) groups excluding carboxylic acids is 2. The molecule has 10 heteroatoms. The molecule has 0 N–H and O–H groups in total. The molecule has 0 amide bonds. The fourth-order valence-electron chi connectivity index (χ4n) is 3.67. The number of halogens is 1. The van der Waals surface area contributed by atoms with Crippen molar-refractivity contribution < 1.29 is 14.3 Å². The number of benzene rings is 1. The van der Waals surface area contributed by atoms with Gasteiger partial charge in [0.2, 0.25) is 0 Å². The van der Waals surface area contributed by atoms with Crippen LogP contribution in [0.2, 0.25) is 5.02 Å². The first kappa shape index (κ1) is 23.0. The molecule has 3 aromatic rings. The third-order valence-electron chi connectivity index (χ3n) is 5.21. The molecule has 32 heavy (non-hydrogen) atoms. The van der Waals surface area contributed by atoms with Crippen molar-refractivity contribution in [2.24, 2.45) is 0 Å². The van der Waals surface area contributed by atoms with E-state index in [0.29, 0.717) is 20.9 Å². The number of hydrogen-bond acceptors (Lipinski definition) is 8. The molecule has 2 aromatic heterocycles. The van der Waals surface area contributed by atoms with Crippen molar-refractivity contribution >= 4 is 56.7 Å². The monoisotopic (exact) mass is 491 g/mol. The molecular formula is C22H22ClN3O4S2. The molecule has 0 radical (unpaired) electrons. The molecule has 4 rings (SSSR count). The molecule has 0 fully saturated rings.